The lowest BCUT2D eigenvalue weighted by atomic mass is 10.3. The van der Waals surface area contributed by atoms with E-state index >= 15 is 0 Å². The quantitative estimate of drug-likeness (QED) is 0.819. The molecule has 0 bridgehead atoms. The van der Waals surface area contributed by atoms with Gasteiger partial charge >= 0.3 is 5.97 Å². The normalized spacial score (nSPS) is 10.4. The van der Waals surface area contributed by atoms with E-state index in [9.17, 15) is 4.79 Å². The Hall–Kier alpha value is -1.62. The van der Waals surface area contributed by atoms with Gasteiger partial charge in [0.1, 0.15) is 5.82 Å². The van der Waals surface area contributed by atoms with Crippen molar-refractivity contribution in [3.63, 3.8) is 0 Å². The predicted molar refractivity (Wildman–Crippen MR) is 53.5 cm³/mol. The standard InChI is InChI=1S/C9H8N2O2S/c1-11-3-2-10-8(11)7-4-6(5-14-7)9(12)13/h2-5H,1H3,(H,12,13). The largest absolute Gasteiger partial charge is 0.478 e. The molecule has 0 radical (unpaired) electrons. The summed E-state index contributed by atoms with van der Waals surface area (Å²) in [7, 11) is 1.88. The van der Waals surface area contributed by atoms with Crippen LogP contribution in [0.5, 0.6) is 0 Å². The number of hydrogen-bond acceptors (Lipinski definition) is 3. The number of imidazole rings is 1. The second kappa shape index (κ2) is 3.26. The summed E-state index contributed by atoms with van der Waals surface area (Å²) in [5, 5.41) is 10.4. The second-order valence-electron chi connectivity index (χ2n) is 2.87. The molecule has 4 nitrogen and oxygen atoms in total. The van der Waals surface area contributed by atoms with Crippen LogP contribution in [-0.2, 0) is 7.05 Å². The van der Waals surface area contributed by atoms with E-state index in [1.807, 2.05) is 17.8 Å². The molecule has 0 aliphatic rings. The van der Waals surface area contributed by atoms with Crippen molar-refractivity contribution in [2.24, 2.45) is 7.05 Å². The molecular weight excluding hydrogens is 200 g/mol. The van der Waals surface area contributed by atoms with Gasteiger partial charge in [0.25, 0.3) is 0 Å². The van der Waals surface area contributed by atoms with Gasteiger partial charge in [-0.2, -0.15) is 0 Å². The molecule has 2 heterocycles. The molecule has 2 aromatic heterocycles. The molecule has 1 N–H and O–H groups in total. The van der Waals surface area contributed by atoms with Gasteiger partial charge in [0.05, 0.1) is 10.4 Å². The maximum absolute atomic E-state index is 10.6. The molecule has 0 aliphatic carbocycles. The highest BCUT2D eigenvalue weighted by molar-refractivity contribution is 7.13. The van der Waals surface area contributed by atoms with Gasteiger partial charge in [-0.15, -0.1) is 11.3 Å². The third kappa shape index (κ3) is 1.42. The minimum absolute atomic E-state index is 0.313. The van der Waals surface area contributed by atoms with Gasteiger partial charge < -0.3 is 9.67 Å². The van der Waals surface area contributed by atoms with E-state index in [0.717, 1.165) is 10.7 Å². The first-order valence-electron chi connectivity index (χ1n) is 3.98. The molecule has 72 valence electrons. The van der Waals surface area contributed by atoms with Gasteiger partial charge in [0.2, 0.25) is 0 Å². The number of carboxylic acid groups (broad SMARTS) is 1. The molecule has 2 aromatic rings. The van der Waals surface area contributed by atoms with E-state index in [-0.39, 0.29) is 0 Å². The summed E-state index contributed by atoms with van der Waals surface area (Å²) in [6.45, 7) is 0. The monoisotopic (exact) mass is 208 g/mol. The fourth-order valence-electron chi connectivity index (χ4n) is 1.17. The van der Waals surface area contributed by atoms with Crippen molar-refractivity contribution >= 4 is 17.3 Å². The Morgan fingerprint density at radius 2 is 2.43 bits per heavy atom. The molecule has 0 aliphatic heterocycles. The first-order chi connectivity index (χ1) is 6.68. The number of rotatable bonds is 2. The van der Waals surface area contributed by atoms with Crippen LogP contribution in [0.25, 0.3) is 10.7 Å². The summed E-state index contributed by atoms with van der Waals surface area (Å²) in [6, 6.07) is 1.63. The van der Waals surface area contributed by atoms with E-state index in [2.05, 4.69) is 4.98 Å². The smallest absolute Gasteiger partial charge is 0.336 e. The van der Waals surface area contributed by atoms with Crippen LogP contribution in [0.15, 0.2) is 23.8 Å². The van der Waals surface area contributed by atoms with Gasteiger partial charge in [-0.3, -0.25) is 0 Å². The van der Waals surface area contributed by atoms with Crippen LogP contribution in [0.1, 0.15) is 10.4 Å². The van der Waals surface area contributed by atoms with Crippen LogP contribution >= 0.6 is 11.3 Å². The molecule has 0 saturated heterocycles. The third-order valence-electron chi connectivity index (χ3n) is 1.89. The Balaban J connectivity index is 2.43. The predicted octanol–water partition coefficient (Wildman–Crippen LogP) is 1.85. The molecular formula is C9H8N2O2S. The van der Waals surface area contributed by atoms with Crippen LogP contribution < -0.4 is 0 Å². The van der Waals surface area contributed by atoms with Gasteiger partial charge in [-0.1, -0.05) is 0 Å². The summed E-state index contributed by atoms with van der Waals surface area (Å²) < 4.78 is 1.86. The number of carboxylic acids is 1. The van der Waals surface area contributed by atoms with E-state index in [1.165, 1.54) is 11.3 Å². The number of aromatic carboxylic acids is 1. The molecule has 0 aromatic carbocycles. The maximum atomic E-state index is 10.6. The van der Waals surface area contributed by atoms with Crippen molar-refractivity contribution in [2.45, 2.75) is 0 Å². The summed E-state index contributed by atoms with van der Waals surface area (Å²) in [6.07, 6.45) is 3.52. The first-order valence-corrected chi connectivity index (χ1v) is 4.86. The Bertz CT molecular complexity index is 473. The summed E-state index contributed by atoms with van der Waals surface area (Å²) in [5.41, 5.74) is 0.313. The molecule has 14 heavy (non-hydrogen) atoms. The second-order valence-corrected chi connectivity index (χ2v) is 3.78. The molecule has 0 fully saturated rings. The average molecular weight is 208 g/mol. The summed E-state index contributed by atoms with van der Waals surface area (Å²) in [5.74, 6) is -0.107. The highest BCUT2D eigenvalue weighted by Gasteiger charge is 2.10. The van der Waals surface area contributed by atoms with E-state index in [0.29, 0.717) is 5.56 Å². The third-order valence-corrected chi connectivity index (χ3v) is 2.81. The minimum atomic E-state index is -0.901. The molecule has 0 unspecified atom stereocenters. The number of hydrogen-bond donors (Lipinski definition) is 1. The van der Waals surface area contributed by atoms with E-state index in [4.69, 9.17) is 5.11 Å². The number of thiophene rings is 1. The van der Waals surface area contributed by atoms with Gasteiger partial charge in [-0.25, -0.2) is 9.78 Å². The summed E-state index contributed by atoms with van der Waals surface area (Å²) >= 11 is 1.39. The van der Waals surface area contributed by atoms with Crippen molar-refractivity contribution < 1.29 is 9.90 Å². The van der Waals surface area contributed by atoms with Crippen LogP contribution in [-0.4, -0.2) is 20.6 Å². The number of carbonyl (C=O) groups is 1. The minimum Gasteiger partial charge on any atom is -0.478 e. The highest BCUT2D eigenvalue weighted by atomic mass is 32.1. The number of nitrogens with zero attached hydrogens (tertiary/aromatic N) is 2. The Morgan fingerprint density at radius 1 is 1.64 bits per heavy atom. The lowest BCUT2D eigenvalue weighted by Crippen LogP contribution is -1.92. The molecule has 0 spiro atoms. The molecule has 2 rings (SSSR count). The molecule has 0 saturated carbocycles. The van der Waals surface area contributed by atoms with E-state index < -0.39 is 5.97 Å². The van der Waals surface area contributed by atoms with Crippen LogP contribution in [0.2, 0.25) is 0 Å². The number of aryl methyl sites for hydroxylation is 1. The topological polar surface area (TPSA) is 55.1 Å². The molecule has 5 heteroatoms. The number of aromatic nitrogens is 2. The highest BCUT2D eigenvalue weighted by Crippen LogP contribution is 2.25. The van der Waals surface area contributed by atoms with Gasteiger partial charge in [-0.05, 0) is 6.07 Å². The Morgan fingerprint density at radius 3 is 2.93 bits per heavy atom. The zero-order chi connectivity index (χ0) is 10.1. The Labute approximate surface area is 84.5 Å². The maximum Gasteiger partial charge on any atom is 0.336 e. The van der Waals surface area contributed by atoms with Crippen molar-refractivity contribution in [3.05, 3.63) is 29.4 Å². The lowest BCUT2D eigenvalue weighted by Gasteiger charge is -1.95. The Kier molecular flexibility index (Phi) is 2.09. The zero-order valence-electron chi connectivity index (χ0n) is 7.47. The van der Waals surface area contributed by atoms with Crippen molar-refractivity contribution in [1.29, 1.82) is 0 Å². The fraction of sp³-hybridized carbons (Fsp3) is 0.111. The fourth-order valence-corrected chi connectivity index (χ4v) is 2.09. The van der Waals surface area contributed by atoms with Crippen LogP contribution in [0, 0.1) is 0 Å². The van der Waals surface area contributed by atoms with Crippen molar-refractivity contribution in [2.75, 3.05) is 0 Å². The molecule has 0 amide bonds. The SMILES string of the molecule is Cn1ccnc1-c1cc(C(=O)O)cs1. The lowest BCUT2D eigenvalue weighted by molar-refractivity contribution is 0.0697. The van der Waals surface area contributed by atoms with Crippen molar-refractivity contribution in [3.8, 4) is 10.7 Å². The van der Waals surface area contributed by atoms with Crippen LogP contribution in [0.4, 0.5) is 0 Å². The average Bonchev–Trinajstić information content (AvgIpc) is 2.71. The van der Waals surface area contributed by atoms with Crippen molar-refractivity contribution in [1.82, 2.24) is 9.55 Å². The van der Waals surface area contributed by atoms with Gasteiger partial charge in [0.15, 0.2) is 0 Å². The van der Waals surface area contributed by atoms with Crippen LogP contribution in [0.3, 0.4) is 0 Å². The summed E-state index contributed by atoms with van der Waals surface area (Å²) in [4.78, 5) is 15.7. The van der Waals surface area contributed by atoms with Gasteiger partial charge in [0, 0.05) is 24.8 Å². The van der Waals surface area contributed by atoms with E-state index in [1.54, 1.807) is 17.6 Å². The molecule has 0 atom stereocenters. The zero-order valence-corrected chi connectivity index (χ0v) is 8.28. The first kappa shape index (κ1) is 8.96.